The first-order valence-electron chi connectivity index (χ1n) is 27.0. The van der Waals surface area contributed by atoms with Crippen LogP contribution in [0.5, 0.6) is 23.3 Å². The van der Waals surface area contributed by atoms with E-state index in [0.717, 1.165) is 89.1 Å². The molecule has 4 aromatic heterocycles. The molecule has 0 radical (unpaired) electrons. The molecular weight excluding hydrogens is 1020 g/mol. The highest BCUT2D eigenvalue weighted by molar-refractivity contribution is 7.90. The van der Waals surface area contributed by atoms with Crippen molar-refractivity contribution in [3.63, 3.8) is 0 Å². The van der Waals surface area contributed by atoms with Crippen molar-refractivity contribution in [3.05, 3.63) is 124 Å². The first-order chi connectivity index (χ1) is 37.4. The smallest absolute Gasteiger partial charge is 0.312 e. The van der Waals surface area contributed by atoms with Crippen molar-refractivity contribution >= 4 is 44.2 Å². The monoisotopic (exact) mass is 1090 g/mol. The van der Waals surface area contributed by atoms with Gasteiger partial charge in [0, 0.05) is 100 Å². The molecule has 4 aliphatic rings. The van der Waals surface area contributed by atoms with E-state index >= 15 is 4.39 Å². The summed E-state index contributed by atoms with van der Waals surface area (Å²) in [6.07, 6.45) is 10.6. The lowest BCUT2D eigenvalue weighted by molar-refractivity contribution is -0.384. The van der Waals surface area contributed by atoms with Gasteiger partial charge in [-0.15, -0.1) is 0 Å². The molecule has 414 valence electrons. The average molecular weight is 1090 g/mol. The first-order valence-corrected chi connectivity index (χ1v) is 28.5. The van der Waals surface area contributed by atoms with Crippen molar-refractivity contribution in [2.45, 2.75) is 114 Å². The molecule has 2 aliphatic heterocycles. The summed E-state index contributed by atoms with van der Waals surface area (Å²) in [5.41, 5.74) is 3.52. The van der Waals surface area contributed by atoms with Gasteiger partial charge in [-0.25, -0.2) is 27.5 Å². The van der Waals surface area contributed by atoms with E-state index in [2.05, 4.69) is 88.9 Å². The Bertz CT molecular complexity index is 3280. The lowest BCUT2D eigenvalue weighted by atomic mass is 9.59. The predicted molar refractivity (Wildman–Crippen MR) is 293 cm³/mol. The average Bonchev–Trinajstić information content (AvgIpc) is 3.92. The van der Waals surface area contributed by atoms with Gasteiger partial charge in [0.15, 0.2) is 5.75 Å². The van der Waals surface area contributed by atoms with E-state index in [9.17, 15) is 28.4 Å². The number of nitro groups is 1. The molecule has 1 atom stereocenters. The lowest BCUT2D eigenvalue weighted by Gasteiger charge is -2.58. The number of fused-ring (bicyclic) bond motifs is 1. The molecular formula is C57H69FN10O9S. The molecule has 1 amide bonds. The van der Waals surface area contributed by atoms with Crippen molar-refractivity contribution in [1.82, 2.24) is 34.5 Å². The van der Waals surface area contributed by atoms with Gasteiger partial charge in [0.1, 0.15) is 22.1 Å². The number of H-pyrrole nitrogens is 1. The number of aliphatic hydroxyl groups is 1. The molecule has 1 spiro atoms. The summed E-state index contributed by atoms with van der Waals surface area (Å²) in [6.45, 7) is 13.7. The summed E-state index contributed by atoms with van der Waals surface area (Å²) in [5.74, 6) is -0.706. The van der Waals surface area contributed by atoms with Crippen LogP contribution in [0.25, 0.3) is 11.0 Å². The van der Waals surface area contributed by atoms with Crippen molar-refractivity contribution in [2.75, 3.05) is 63.2 Å². The van der Waals surface area contributed by atoms with Gasteiger partial charge in [-0.05, 0) is 117 Å². The normalized spacial score (nSPS) is 21.1. The Labute approximate surface area is 454 Å². The Balaban J connectivity index is 0.864. The van der Waals surface area contributed by atoms with E-state index in [1.807, 2.05) is 6.07 Å². The van der Waals surface area contributed by atoms with Crippen molar-refractivity contribution < 1.29 is 41.8 Å². The molecule has 4 N–H and O–H groups in total. The molecule has 78 heavy (non-hydrogen) atoms. The van der Waals surface area contributed by atoms with Gasteiger partial charge in [0.2, 0.25) is 11.7 Å². The number of methoxy groups -OCH3 is 1. The number of amides is 1. The fourth-order valence-electron chi connectivity index (χ4n) is 12.0. The highest BCUT2D eigenvalue weighted by Gasteiger charge is 2.50. The molecule has 4 fully saturated rings. The number of ether oxygens (including phenoxy) is 3. The number of hydrogen-bond acceptors (Lipinski definition) is 16. The number of halogens is 1. The quantitative estimate of drug-likeness (QED) is 0.0464. The zero-order valence-electron chi connectivity index (χ0n) is 44.8. The fraction of sp³-hybridized carbons (Fsp3) is 0.474. The maximum Gasteiger partial charge on any atom is 0.312 e. The highest BCUT2D eigenvalue weighted by Crippen LogP contribution is 2.53. The number of hydrogen-bond donors (Lipinski definition) is 4. The number of aromatic amines is 1. The Hall–Kier alpha value is -6.94. The fourth-order valence-corrected chi connectivity index (χ4v) is 13.0. The van der Waals surface area contributed by atoms with Crippen molar-refractivity contribution in [3.8, 4) is 23.3 Å². The van der Waals surface area contributed by atoms with Crippen LogP contribution in [0.15, 0.2) is 90.2 Å². The van der Waals surface area contributed by atoms with Gasteiger partial charge in [-0.3, -0.25) is 24.7 Å². The van der Waals surface area contributed by atoms with Gasteiger partial charge in [-0.1, -0.05) is 38.1 Å². The Morgan fingerprint density at radius 3 is 2.50 bits per heavy atom. The highest BCUT2D eigenvalue weighted by atomic mass is 32.2. The maximum atomic E-state index is 15.0. The summed E-state index contributed by atoms with van der Waals surface area (Å²) < 4.78 is 62.6. The van der Waals surface area contributed by atoms with E-state index in [1.54, 1.807) is 39.3 Å². The lowest BCUT2D eigenvalue weighted by Crippen LogP contribution is -2.60. The van der Waals surface area contributed by atoms with E-state index < -0.39 is 42.9 Å². The van der Waals surface area contributed by atoms with Gasteiger partial charge < -0.3 is 34.5 Å². The number of piperidine rings is 1. The van der Waals surface area contributed by atoms with Gasteiger partial charge in [-0.2, -0.15) is 4.98 Å². The van der Waals surface area contributed by atoms with Crippen LogP contribution in [-0.2, 0) is 16.6 Å². The van der Waals surface area contributed by atoms with Crippen LogP contribution < -0.4 is 29.1 Å². The molecule has 21 heteroatoms. The Morgan fingerprint density at radius 2 is 1.77 bits per heavy atom. The molecule has 10 rings (SSSR count). The van der Waals surface area contributed by atoms with E-state index in [0.29, 0.717) is 50.1 Å². The van der Waals surface area contributed by atoms with Crippen LogP contribution in [0.4, 0.5) is 21.6 Å². The molecule has 19 nitrogen and oxygen atoms in total. The second kappa shape index (κ2) is 22.4. The zero-order valence-corrected chi connectivity index (χ0v) is 45.7. The van der Waals surface area contributed by atoms with Gasteiger partial charge in [0.05, 0.1) is 41.4 Å². The van der Waals surface area contributed by atoms with Crippen LogP contribution in [0.1, 0.15) is 118 Å². The Morgan fingerprint density at radius 1 is 1.00 bits per heavy atom. The SMILES string of the molecule is CCOc1nc2[nH]cc(F)c2cc1Oc1cc(N2CCC3(CC2)CC(N2CCN(Cc4ccnc(OC)c4)C[C@H]2c2ccccc2C(C)C)C3)ccc1C(=O)NS(=O)(=O)c1cnc(NCC2CCC(C)(O)CC2)c([N+](=O)[O-])c1. The molecule has 6 aromatic rings. The number of carbonyl (C=O) groups excluding carboxylic acids is 1. The number of sulfonamides is 1. The van der Waals surface area contributed by atoms with Crippen LogP contribution >= 0.6 is 0 Å². The summed E-state index contributed by atoms with van der Waals surface area (Å²) >= 11 is 0. The number of nitrogens with zero attached hydrogens (tertiary/aromatic N) is 7. The largest absolute Gasteiger partial charge is 0.481 e. The minimum Gasteiger partial charge on any atom is -0.481 e. The second-order valence-electron chi connectivity index (χ2n) is 22.1. The summed E-state index contributed by atoms with van der Waals surface area (Å²) in [5, 5.41) is 25.7. The topological polar surface area (TPSA) is 231 Å². The molecule has 0 bridgehead atoms. The molecule has 2 aromatic carbocycles. The number of anilines is 2. The molecule has 2 saturated carbocycles. The third-order valence-corrected chi connectivity index (χ3v) is 17.8. The van der Waals surface area contributed by atoms with E-state index in [-0.39, 0.29) is 63.8 Å². The van der Waals surface area contributed by atoms with Crippen LogP contribution in [0, 0.1) is 27.3 Å². The summed E-state index contributed by atoms with van der Waals surface area (Å²) in [7, 11) is -3.11. The maximum absolute atomic E-state index is 15.0. The number of carbonyl (C=O) groups is 1. The first kappa shape index (κ1) is 54.4. The number of nitrogens with one attached hydrogen (secondary N) is 3. The third kappa shape index (κ3) is 11.7. The van der Waals surface area contributed by atoms with Crippen LogP contribution in [0.3, 0.4) is 0 Å². The number of pyridine rings is 3. The third-order valence-electron chi connectivity index (χ3n) is 16.5. The minimum absolute atomic E-state index is 0.00992. The molecule has 0 unspecified atom stereocenters. The van der Waals surface area contributed by atoms with E-state index in [4.69, 9.17) is 14.2 Å². The molecule has 2 saturated heterocycles. The molecule has 2 aliphatic carbocycles. The predicted octanol–water partition coefficient (Wildman–Crippen LogP) is 9.50. The number of aromatic nitrogens is 4. The number of benzene rings is 2. The van der Waals surface area contributed by atoms with Gasteiger partial charge >= 0.3 is 5.69 Å². The summed E-state index contributed by atoms with van der Waals surface area (Å²) in [4.78, 5) is 48.4. The second-order valence-corrected chi connectivity index (χ2v) is 23.8. The minimum atomic E-state index is -4.75. The number of piperazine rings is 1. The summed E-state index contributed by atoms with van der Waals surface area (Å²) in [6, 6.07) is 20.8. The number of rotatable bonds is 18. The van der Waals surface area contributed by atoms with Crippen LogP contribution in [-0.4, -0.2) is 119 Å². The van der Waals surface area contributed by atoms with Gasteiger partial charge in [0.25, 0.3) is 21.8 Å². The van der Waals surface area contributed by atoms with Crippen molar-refractivity contribution in [2.24, 2.45) is 11.3 Å². The Kier molecular flexibility index (Phi) is 15.6. The van der Waals surface area contributed by atoms with Crippen molar-refractivity contribution in [1.29, 1.82) is 0 Å². The zero-order chi connectivity index (χ0) is 54.9. The van der Waals surface area contributed by atoms with E-state index in [1.165, 1.54) is 28.8 Å². The molecule has 6 heterocycles. The van der Waals surface area contributed by atoms with Crippen LogP contribution in [0.2, 0.25) is 0 Å². The standard InChI is InChI=1S/C57H69FN10O9S/c1-6-76-55-50(28-45-46(58)33-62-52(45)63-55)77-49-26-39(11-12-44(49)54(69)64-78(73,74)41-27-47(68(71)72)53(61-32-41)60-31-37-13-16-56(4,70)17-14-37)66-21-18-57(19-22-66)29-40(30-57)67-24-23-65(34-38-15-20-59-51(25-38)75-5)35-48(67)43-10-8-7-9-42(43)36(2)3/h7-12,15,20,25-28,32-33,36-37,40,48,70H,6,13-14,16-19,21-24,29-31,34-35H2,1-5H3,(H,60,61)(H,62,63)(H,64,69)/t37?,48-,56?/m0/s1.